The van der Waals surface area contributed by atoms with E-state index in [-0.39, 0.29) is 0 Å². The van der Waals surface area contributed by atoms with Crippen LogP contribution in [0.5, 0.6) is 0 Å². The van der Waals surface area contributed by atoms with E-state index in [0.717, 1.165) is 72.2 Å². The Bertz CT molecular complexity index is 2580. The van der Waals surface area contributed by atoms with Crippen LogP contribution in [-0.2, 0) is 0 Å². The van der Waals surface area contributed by atoms with Crippen molar-refractivity contribution in [3.63, 3.8) is 0 Å². The van der Waals surface area contributed by atoms with Crippen molar-refractivity contribution < 1.29 is 4.42 Å². The van der Waals surface area contributed by atoms with E-state index in [1.807, 2.05) is 66.7 Å². The summed E-state index contributed by atoms with van der Waals surface area (Å²) in [7, 11) is 0. The number of furan rings is 1. The normalized spacial score (nSPS) is 13.3. The van der Waals surface area contributed by atoms with E-state index < -0.39 is 0 Å². The van der Waals surface area contributed by atoms with Crippen molar-refractivity contribution in [2.75, 3.05) is 10.3 Å². The third-order valence-corrected chi connectivity index (χ3v) is 9.16. The number of hydrogen-bond acceptors (Lipinski definition) is 5. The Morgan fingerprint density at radius 3 is 2.10 bits per heavy atom. The highest BCUT2D eigenvalue weighted by Gasteiger charge is 2.23. The molecule has 8 aromatic rings. The number of hydrogen-bond donors (Lipinski definition) is 2. The third-order valence-electron chi connectivity index (χ3n) is 9.16. The van der Waals surface area contributed by atoms with Crippen molar-refractivity contribution in [1.82, 2.24) is 0 Å². The van der Waals surface area contributed by atoms with E-state index in [2.05, 4.69) is 119 Å². The first kappa shape index (κ1) is 28.5. The molecule has 0 spiro atoms. The number of fused-ring (bicyclic) bond motifs is 6. The summed E-state index contributed by atoms with van der Waals surface area (Å²) < 4.78 is 6.34. The Morgan fingerprint density at radius 1 is 0.571 bits per heavy atom. The highest BCUT2D eigenvalue weighted by atomic mass is 16.3. The average Bonchev–Trinajstić information content (AvgIpc) is 3.55. The number of anilines is 4. The van der Waals surface area contributed by atoms with Crippen LogP contribution in [0.25, 0.3) is 49.9 Å². The van der Waals surface area contributed by atoms with Crippen LogP contribution in [0.15, 0.2) is 173 Å². The smallest absolute Gasteiger partial charge is 0.137 e. The second-order valence-corrected chi connectivity index (χ2v) is 12.1. The van der Waals surface area contributed by atoms with E-state index in [9.17, 15) is 5.41 Å². The van der Waals surface area contributed by atoms with Gasteiger partial charge in [0, 0.05) is 22.3 Å². The molecule has 0 unspecified atom stereocenters. The summed E-state index contributed by atoms with van der Waals surface area (Å²) in [5, 5.41) is 18.1. The van der Waals surface area contributed by atoms with Gasteiger partial charge >= 0.3 is 0 Å². The van der Waals surface area contributed by atoms with Crippen molar-refractivity contribution >= 4 is 73.0 Å². The van der Waals surface area contributed by atoms with Crippen LogP contribution >= 0.6 is 0 Å². The molecule has 1 aliphatic rings. The van der Waals surface area contributed by atoms with Crippen molar-refractivity contribution in [1.29, 1.82) is 5.41 Å². The maximum absolute atomic E-state index is 9.32. The number of rotatable bonds is 6. The average molecular weight is 631 g/mol. The maximum atomic E-state index is 9.32. The van der Waals surface area contributed by atoms with Gasteiger partial charge in [-0.3, -0.25) is 10.8 Å². The maximum Gasteiger partial charge on any atom is 0.137 e. The summed E-state index contributed by atoms with van der Waals surface area (Å²) in [6, 6.07) is 54.1. The first-order valence-electron chi connectivity index (χ1n) is 16.3. The van der Waals surface area contributed by atoms with Gasteiger partial charge in [0.15, 0.2) is 0 Å². The van der Waals surface area contributed by atoms with E-state index in [0.29, 0.717) is 11.4 Å². The second-order valence-electron chi connectivity index (χ2n) is 12.1. The van der Waals surface area contributed by atoms with Gasteiger partial charge in [-0.15, -0.1) is 0 Å². The van der Waals surface area contributed by atoms with Crippen LogP contribution in [0.1, 0.15) is 11.1 Å². The molecule has 7 aromatic carbocycles. The minimum Gasteiger partial charge on any atom is -0.456 e. The van der Waals surface area contributed by atoms with Gasteiger partial charge in [0.2, 0.25) is 0 Å². The highest BCUT2D eigenvalue weighted by molar-refractivity contribution is 6.55. The molecule has 0 saturated carbocycles. The molecule has 0 radical (unpaired) electrons. The van der Waals surface area contributed by atoms with Gasteiger partial charge in [-0.2, -0.15) is 5.10 Å². The molecule has 9 rings (SSSR count). The summed E-state index contributed by atoms with van der Waals surface area (Å²) in [6.07, 6.45) is 3.95. The van der Waals surface area contributed by atoms with Crippen LogP contribution in [0, 0.1) is 5.41 Å². The first-order valence-corrected chi connectivity index (χ1v) is 16.3. The third kappa shape index (κ3) is 5.05. The van der Waals surface area contributed by atoms with Gasteiger partial charge in [0.1, 0.15) is 16.9 Å². The Balaban J connectivity index is 1.22. The summed E-state index contributed by atoms with van der Waals surface area (Å²) in [5.74, 6) is 0. The molecule has 1 aromatic heterocycles. The molecule has 0 fully saturated rings. The van der Waals surface area contributed by atoms with Crippen LogP contribution in [0.4, 0.5) is 22.7 Å². The predicted molar refractivity (Wildman–Crippen MR) is 205 cm³/mol. The van der Waals surface area contributed by atoms with Crippen LogP contribution in [-0.4, -0.2) is 11.4 Å². The lowest BCUT2D eigenvalue weighted by atomic mass is 9.89. The van der Waals surface area contributed by atoms with Gasteiger partial charge in [-0.25, -0.2) is 0 Å². The molecule has 0 bridgehead atoms. The lowest BCUT2D eigenvalue weighted by molar-refractivity contribution is 0.669. The monoisotopic (exact) mass is 630 g/mol. The molecular formula is C44H30N4O. The van der Waals surface area contributed by atoms with E-state index in [1.165, 1.54) is 5.56 Å². The Labute approximate surface area is 283 Å². The quantitative estimate of drug-likeness (QED) is 0.180. The van der Waals surface area contributed by atoms with Crippen LogP contribution in [0.2, 0.25) is 0 Å². The molecule has 1 aliphatic carbocycles. The second kappa shape index (κ2) is 11.8. The highest BCUT2D eigenvalue weighted by Crippen LogP contribution is 2.44. The molecule has 0 amide bonds. The molecule has 232 valence electrons. The van der Waals surface area contributed by atoms with Crippen LogP contribution in [0.3, 0.4) is 0 Å². The molecule has 1 heterocycles. The van der Waals surface area contributed by atoms with Gasteiger partial charge in [0.25, 0.3) is 0 Å². The van der Waals surface area contributed by atoms with Crippen molar-refractivity contribution in [3.05, 3.63) is 175 Å². The molecule has 2 N–H and O–H groups in total. The minimum atomic E-state index is 0.380. The zero-order valence-electron chi connectivity index (χ0n) is 26.5. The zero-order chi connectivity index (χ0) is 32.7. The summed E-state index contributed by atoms with van der Waals surface area (Å²) >= 11 is 0. The summed E-state index contributed by atoms with van der Waals surface area (Å²) in [5.41, 5.74) is 13.8. The largest absolute Gasteiger partial charge is 0.456 e. The fourth-order valence-corrected chi connectivity index (χ4v) is 6.80. The molecule has 0 atom stereocenters. The molecule has 0 saturated heterocycles. The molecular weight excluding hydrogens is 601 g/mol. The lowest BCUT2D eigenvalue weighted by Crippen LogP contribution is -2.19. The number of nitrogens with one attached hydrogen (secondary N) is 2. The number of hydrazone groups is 1. The molecule has 0 aliphatic heterocycles. The fraction of sp³-hybridized carbons (Fsp3) is 0. The minimum absolute atomic E-state index is 0.380. The molecule has 5 heteroatoms. The Hall–Kier alpha value is -6.72. The zero-order valence-corrected chi connectivity index (χ0v) is 26.5. The Kier molecular flexibility index (Phi) is 6.87. The first-order chi connectivity index (χ1) is 24.2. The van der Waals surface area contributed by atoms with Gasteiger partial charge in [-0.05, 0) is 88.1 Å². The summed E-state index contributed by atoms with van der Waals surface area (Å²) in [4.78, 5) is 2.30. The van der Waals surface area contributed by atoms with Crippen LogP contribution < -0.4 is 10.3 Å². The standard InChI is InChI=1S/C44H30N4O/c45-44-38(47-46-33-12-5-2-6-13-33)27-23-32-19-18-31-22-26-35(28-37(31)42(32)44)48(34-24-20-30(21-25-34)29-10-3-1-4-11-29)39-15-9-17-41-43(39)36-14-7-8-16-40(36)49-41/h1-28,45-46H/b45-44?,47-38-. The van der Waals surface area contributed by atoms with Crippen molar-refractivity contribution in [3.8, 4) is 11.1 Å². The number of allylic oxidation sites excluding steroid dienone is 1. The van der Waals surface area contributed by atoms with E-state index in [4.69, 9.17) is 4.42 Å². The van der Waals surface area contributed by atoms with E-state index >= 15 is 0 Å². The molecule has 49 heavy (non-hydrogen) atoms. The van der Waals surface area contributed by atoms with Crippen molar-refractivity contribution in [2.24, 2.45) is 5.10 Å². The van der Waals surface area contributed by atoms with Crippen molar-refractivity contribution in [2.45, 2.75) is 0 Å². The van der Waals surface area contributed by atoms with Gasteiger partial charge < -0.3 is 9.32 Å². The predicted octanol–water partition coefficient (Wildman–Crippen LogP) is 11.7. The number of para-hydroxylation sites is 2. The van der Waals surface area contributed by atoms with E-state index in [1.54, 1.807) is 0 Å². The molecule has 5 nitrogen and oxygen atoms in total. The number of benzene rings is 7. The summed E-state index contributed by atoms with van der Waals surface area (Å²) in [6.45, 7) is 0. The fourth-order valence-electron chi connectivity index (χ4n) is 6.80. The number of nitrogens with zero attached hydrogens (tertiary/aromatic N) is 2. The SMILES string of the molecule is N=C1/C(=N\Nc2ccccc2)C=Cc2ccc3ccc(N(c4ccc(-c5ccccc5)cc4)c4cccc5oc6ccccc6c45)cc3c21. The van der Waals surface area contributed by atoms with Gasteiger partial charge in [0.05, 0.1) is 22.5 Å². The topological polar surface area (TPSA) is 64.6 Å². The Morgan fingerprint density at radius 2 is 1.27 bits per heavy atom. The van der Waals surface area contributed by atoms with Gasteiger partial charge in [-0.1, -0.05) is 109 Å². The lowest BCUT2D eigenvalue weighted by Gasteiger charge is -2.27.